The summed E-state index contributed by atoms with van der Waals surface area (Å²) in [5.74, 6) is 0. The molecule has 11 rings (SSSR count). The van der Waals surface area contributed by atoms with Crippen LogP contribution in [0.15, 0.2) is 182 Å². The quantitative estimate of drug-likeness (QED) is 0.176. The number of para-hydroxylation sites is 2. The molecule has 0 aliphatic heterocycles. The van der Waals surface area contributed by atoms with Gasteiger partial charge < -0.3 is 9.13 Å². The third kappa shape index (κ3) is 4.27. The van der Waals surface area contributed by atoms with E-state index in [1.165, 1.54) is 88.1 Å². The molecule has 53 heavy (non-hydrogen) atoms. The molecule has 1 aliphatic rings. The molecule has 2 aromatic heterocycles. The van der Waals surface area contributed by atoms with E-state index in [-0.39, 0.29) is 5.41 Å². The average Bonchev–Trinajstić information content (AvgIpc) is 3.81. The van der Waals surface area contributed by atoms with Crippen LogP contribution in [0.1, 0.15) is 25.0 Å². The van der Waals surface area contributed by atoms with Gasteiger partial charge in [-0.1, -0.05) is 147 Å². The molecule has 0 fully saturated rings. The highest BCUT2D eigenvalue weighted by atomic mass is 15.0. The zero-order valence-electron chi connectivity index (χ0n) is 29.7. The van der Waals surface area contributed by atoms with Crippen LogP contribution < -0.4 is 0 Å². The zero-order chi connectivity index (χ0) is 35.3. The van der Waals surface area contributed by atoms with E-state index in [9.17, 15) is 0 Å². The Morgan fingerprint density at radius 1 is 0.358 bits per heavy atom. The third-order valence-electron chi connectivity index (χ3n) is 11.7. The molecule has 0 radical (unpaired) electrons. The number of benzene rings is 8. The Morgan fingerprint density at radius 2 is 0.849 bits per heavy atom. The molecule has 0 N–H and O–H groups in total. The fourth-order valence-corrected chi connectivity index (χ4v) is 9.34. The molecule has 2 nitrogen and oxygen atoms in total. The van der Waals surface area contributed by atoms with Crippen LogP contribution in [0.25, 0.3) is 88.4 Å². The predicted molar refractivity (Wildman–Crippen MR) is 224 cm³/mol. The second-order valence-corrected chi connectivity index (χ2v) is 14.9. The van der Waals surface area contributed by atoms with Gasteiger partial charge in [0.1, 0.15) is 0 Å². The summed E-state index contributed by atoms with van der Waals surface area (Å²) >= 11 is 0. The van der Waals surface area contributed by atoms with Gasteiger partial charge in [0.05, 0.1) is 22.1 Å². The number of nitrogens with zero attached hydrogens (tertiary/aromatic N) is 2. The molecular weight excluding hydrogens is 641 g/mol. The van der Waals surface area contributed by atoms with Gasteiger partial charge >= 0.3 is 0 Å². The summed E-state index contributed by atoms with van der Waals surface area (Å²) in [4.78, 5) is 0. The predicted octanol–water partition coefficient (Wildman–Crippen LogP) is 13.5. The SMILES string of the molecule is CC1(C)c2ccccc2-c2c(-c3cccc(-n4c5ccccc5c5c6c7ccccc7n(-c7cccc(-c8ccccc8)c7)c6ccc54)c3)cccc21. The molecule has 10 aromatic rings. The Balaban J connectivity index is 1.16. The highest BCUT2D eigenvalue weighted by Gasteiger charge is 2.36. The lowest BCUT2D eigenvalue weighted by molar-refractivity contribution is 0.660. The maximum Gasteiger partial charge on any atom is 0.0548 e. The van der Waals surface area contributed by atoms with E-state index >= 15 is 0 Å². The van der Waals surface area contributed by atoms with Crippen LogP contribution in [0.5, 0.6) is 0 Å². The lowest BCUT2D eigenvalue weighted by Crippen LogP contribution is -2.14. The monoisotopic (exact) mass is 676 g/mol. The van der Waals surface area contributed by atoms with Gasteiger partial charge in [0, 0.05) is 38.3 Å². The first-order chi connectivity index (χ1) is 26.1. The Labute approximate surface area is 308 Å². The van der Waals surface area contributed by atoms with E-state index in [0.29, 0.717) is 0 Å². The van der Waals surface area contributed by atoms with E-state index in [1.54, 1.807) is 0 Å². The molecule has 0 amide bonds. The van der Waals surface area contributed by atoms with Crippen molar-refractivity contribution in [2.75, 3.05) is 0 Å². The van der Waals surface area contributed by atoms with Crippen molar-refractivity contribution in [3.63, 3.8) is 0 Å². The highest BCUT2D eigenvalue weighted by molar-refractivity contribution is 6.29. The van der Waals surface area contributed by atoms with E-state index < -0.39 is 0 Å². The number of aromatic nitrogens is 2. The van der Waals surface area contributed by atoms with Crippen molar-refractivity contribution in [1.82, 2.24) is 9.13 Å². The molecule has 1 aliphatic carbocycles. The second-order valence-electron chi connectivity index (χ2n) is 14.9. The van der Waals surface area contributed by atoms with Crippen molar-refractivity contribution in [2.45, 2.75) is 19.3 Å². The normalized spacial score (nSPS) is 13.2. The van der Waals surface area contributed by atoms with Gasteiger partial charge in [0.25, 0.3) is 0 Å². The van der Waals surface area contributed by atoms with Crippen molar-refractivity contribution in [3.8, 4) is 44.8 Å². The van der Waals surface area contributed by atoms with Gasteiger partial charge in [0.15, 0.2) is 0 Å². The average molecular weight is 677 g/mol. The fraction of sp³-hybridized carbons (Fsp3) is 0.0588. The summed E-state index contributed by atoms with van der Waals surface area (Å²) in [6, 6.07) is 67.0. The lowest BCUT2D eigenvalue weighted by Gasteiger charge is -2.21. The van der Waals surface area contributed by atoms with Crippen molar-refractivity contribution in [1.29, 1.82) is 0 Å². The highest BCUT2D eigenvalue weighted by Crippen LogP contribution is 2.52. The van der Waals surface area contributed by atoms with Crippen LogP contribution >= 0.6 is 0 Å². The maximum atomic E-state index is 2.47. The van der Waals surface area contributed by atoms with Crippen LogP contribution in [-0.2, 0) is 5.41 Å². The van der Waals surface area contributed by atoms with Crippen molar-refractivity contribution >= 4 is 43.6 Å². The lowest BCUT2D eigenvalue weighted by atomic mass is 9.82. The third-order valence-corrected chi connectivity index (χ3v) is 11.7. The van der Waals surface area contributed by atoms with Crippen molar-refractivity contribution in [3.05, 3.63) is 193 Å². The van der Waals surface area contributed by atoms with Crippen LogP contribution in [0.4, 0.5) is 0 Å². The molecule has 250 valence electrons. The number of hydrogen-bond donors (Lipinski definition) is 0. The Bertz CT molecular complexity index is 3080. The van der Waals surface area contributed by atoms with E-state index in [2.05, 4.69) is 205 Å². The first-order valence-corrected chi connectivity index (χ1v) is 18.5. The van der Waals surface area contributed by atoms with Gasteiger partial charge in [-0.3, -0.25) is 0 Å². The molecule has 0 unspecified atom stereocenters. The Morgan fingerprint density at radius 3 is 1.53 bits per heavy atom. The summed E-state index contributed by atoms with van der Waals surface area (Å²) < 4.78 is 4.91. The molecule has 2 heteroatoms. The maximum absolute atomic E-state index is 2.47. The minimum Gasteiger partial charge on any atom is -0.309 e. The second kappa shape index (κ2) is 11.2. The van der Waals surface area contributed by atoms with Crippen molar-refractivity contribution < 1.29 is 0 Å². The van der Waals surface area contributed by atoms with Crippen LogP contribution in [0.2, 0.25) is 0 Å². The minimum atomic E-state index is -0.0419. The summed E-state index contributed by atoms with van der Waals surface area (Å²) in [6.45, 7) is 4.71. The molecule has 0 spiro atoms. The van der Waals surface area contributed by atoms with Gasteiger partial charge in [-0.25, -0.2) is 0 Å². The van der Waals surface area contributed by atoms with Crippen LogP contribution in [-0.4, -0.2) is 9.13 Å². The smallest absolute Gasteiger partial charge is 0.0548 e. The fourth-order valence-electron chi connectivity index (χ4n) is 9.34. The Hall–Kier alpha value is -6.64. The number of hydrogen-bond acceptors (Lipinski definition) is 0. The first-order valence-electron chi connectivity index (χ1n) is 18.5. The molecule has 0 saturated heterocycles. The molecular formula is C51H36N2. The first kappa shape index (κ1) is 30.0. The van der Waals surface area contributed by atoms with Gasteiger partial charge in [0.2, 0.25) is 0 Å². The largest absolute Gasteiger partial charge is 0.309 e. The number of rotatable bonds is 4. The van der Waals surface area contributed by atoms with Crippen LogP contribution in [0.3, 0.4) is 0 Å². The Kier molecular flexibility index (Phi) is 6.33. The van der Waals surface area contributed by atoms with E-state index in [4.69, 9.17) is 0 Å². The standard InChI is InChI=1S/C51H36N2/c1-51(2)42-25-9-6-21-39(42)48-38(24-14-26-43(48)51)35-18-13-20-37(32-35)53-45-28-11-8-23-41(45)50-47(53)30-29-46-49(50)40-22-7-10-27-44(40)52(46)36-19-12-17-34(31-36)33-15-4-3-5-16-33/h3-32H,1-2H3. The van der Waals surface area contributed by atoms with Gasteiger partial charge in [-0.15, -0.1) is 0 Å². The summed E-state index contributed by atoms with van der Waals surface area (Å²) in [5.41, 5.74) is 17.6. The van der Waals surface area contributed by atoms with Gasteiger partial charge in [-0.05, 0) is 93.0 Å². The molecule has 0 saturated carbocycles. The van der Waals surface area contributed by atoms with E-state index in [0.717, 1.165) is 11.4 Å². The summed E-state index contributed by atoms with van der Waals surface area (Å²) in [7, 11) is 0. The molecule has 0 atom stereocenters. The summed E-state index contributed by atoms with van der Waals surface area (Å²) in [5, 5.41) is 5.09. The minimum absolute atomic E-state index is 0.0419. The van der Waals surface area contributed by atoms with Crippen molar-refractivity contribution in [2.24, 2.45) is 0 Å². The van der Waals surface area contributed by atoms with Crippen LogP contribution in [0, 0.1) is 0 Å². The number of fused-ring (bicyclic) bond motifs is 10. The van der Waals surface area contributed by atoms with Gasteiger partial charge in [-0.2, -0.15) is 0 Å². The molecule has 0 bridgehead atoms. The molecule has 2 heterocycles. The zero-order valence-corrected chi connectivity index (χ0v) is 29.7. The summed E-state index contributed by atoms with van der Waals surface area (Å²) in [6.07, 6.45) is 0. The molecule has 8 aromatic carbocycles. The van der Waals surface area contributed by atoms with E-state index in [1.807, 2.05) is 0 Å². The topological polar surface area (TPSA) is 9.86 Å².